The maximum Gasteiger partial charge on any atom is 0.253 e. The molecule has 0 aromatic heterocycles. The molecule has 1 aliphatic heterocycles. The van der Waals surface area contributed by atoms with E-state index in [0.29, 0.717) is 26.1 Å². The second-order valence-corrected chi connectivity index (χ2v) is 5.14. The van der Waals surface area contributed by atoms with Crippen molar-refractivity contribution in [3.63, 3.8) is 0 Å². The lowest BCUT2D eigenvalue weighted by atomic mass is 10.0. The number of ether oxygens (including phenoxy) is 1. The molecule has 1 atom stereocenters. The van der Waals surface area contributed by atoms with Gasteiger partial charge in [-0.25, -0.2) is 0 Å². The lowest BCUT2D eigenvalue weighted by molar-refractivity contribution is -0.162. The van der Waals surface area contributed by atoms with E-state index in [2.05, 4.69) is 5.32 Å². The molecule has 108 valence electrons. The normalized spacial score (nSPS) is 22.4. The molecule has 20 heavy (non-hydrogen) atoms. The summed E-state index contributed by atoms with van der Waals surface area (Å²) in [6.45, 7) is 2.91. The number of carbonyl (C=O) groups excluding carboxylic acids is 2. The average molecular weight is 276 g/mol. The third-order valence-electron chi connectivity index (χ3n) is 3.53. The van der Waals surface area contributed by atoms with Crippen LogP contribution in [0.15, 0.2) is 30.3 Å². The van der Waals surface area contributed by atoms with Crippen molar-refractivity contribution < 1.29 is 14.3 Å². The first-order valence-corrected chi connectivity index (χ1v) is 6.73. The van der Waals surface area contributed by atoms with E-state index in [1.165, 1.54) is 0 Å². The van der Waals surface area contributed by atoms with Gasteiger partial charge < -0.3 is 15.0 Å². The molecule has 0 spiro atoms. The highest BCUT2D eigenvalue weighted by atomic mass is 16.5. The Balaban J connectivity index is 2.02. The van der Waals surface area contributed by atoms with Crippen molar-refractivity contribution in [3.05, 3.63) is 35.9 Å². The van der Waals surface area contributed by atoms with Crippen LogP contribution in [-0.2, 0) is 20.7 Å². The molecule has 0 bridgehead atoms. The fourth-order valence-electron chi connectivity index (χ4n) is 2.37. The minimum Gasteiger partial charge on any atom is -0.362 e. The smallest absolute Gasteiger partial charge is 0.253 e. The molecule has 0 aliphatic carbocycles. The van der Waals surface area contributed by atoms with Gasteiger partial charge >= 0.3 is 0 Å². The molecule has 1 fully saturated rings. The van der Waals surface area contributed by atoms with Crippen molar-refractivity contribution in [2.75, 3.05) is 26.7 Å². The zero-order chi connectivity index (χ0) is 14.6. The Labute approximate surface area is 118 Å². The fourth-order valence-corrected chi connectivity index (χ4v) is 2.37. The van der Waals surface area contributed by atoms with Crippen molar-refractivity contribution >= 4 is 11.8 Å². The van der Waals surface area contributed by atoms with E-state index >= 15 is 0 Å². The highest BCUT2D eigenvalue weighted by molar-refractivity contribution is 5.86. The lowest BCUT2D eigenvalue weighted by Crippen LogP contribution is -2.59. The Morgan fingerprint density at radius 2 is 2.05 bits per heavy atom. The molecule has 1 saturated heterocycles. The third kappa shape index (κ3) is 3.17. The van der Waals surface area contributed by atoms with Crippen LogP contribution in [0.3, 0.4) is 0 Å². The van der Waals surface area contributed by atoms with Crippen LogP contribution < -0.4 is 5.32 Å². The maximum atomic E-state index is 12.3. The highest BCUT2D eigenvalue weighted by Crippen LogP contribution is 2.18. The van der Waals surface area contributed by atoms with Gasteiger partial charge in [-0.15, -0.1) is 0 Å². The summed E-state index contributed by atoms with van der Waals surface area (Å²) in [5.41, 5.74) is 0.0185. The standard InChI is InChI=1S/C15H20N2O3/c1-15(14(19)16-2)11-17(8-9-20-15)13(18)10-12-6-4-3-5-7-12/h3-7H,8-11H2,1-2H3,(H,16,19). The van der Waals surface area contributed by atoms with Crippen LogP contribution in [-0.4, -0.2) is 49.1 Å². The molecule has 0 saturated carbocycles. The number of nitrogens with zero attached hydrogens (tertiary/aromatic N) is 1. The molecule has 2 rings (SSSR count). The number of morpholine rings is 1. The molecule has 1 heterocycles. The van der Waals surface area contributed by atoms with Crippen LogP contribution in [0.1, 0.15) is 12.5 Å². The Hall–Kier alpha value is -1.88. The van der Waals surface area contributed by atoms with Gasteiger partial charge in [0, 0.05) is 13.6 Å². The Kier molecular flexibility index (Phi) is 4.39. The second kappa shape index (κ2) is 6.05. The second-order valence-electron chi connectivity index (χ2n) is 5.14. The van der Waals surface area contributed by atoms with Crippen molar-refractivity contribution in [2.24, 2.45) is 0 Å². The Bertz CT molecular complexity index is 489. The monoisotopic (exact) mass is 276 g/mol. The topological polar surface area (TPSA) is 58.6 Å². The van der Waals surface area contributed by atoms with Crippen LogP contribution in [0.4, 0.5) is 0 Å². The van der Waals surface area contributed by atoms with Crippen LogP contribution in [0.5, 0.6) is 0 Å². The number of hydrogen-bond acceptors (Lipinski definition) is 3. The number of nitrogens with one attached hydrogen (secondary N) is 1. The third-order valence-corrected chi connectivity index (χ3v) is 3.53. The number of amides is 2. The number of likely N-dealkylation sites (N-methyl/N-ethyl adjacent to an activating group) is 1. The van der Waals surface area contributed by atoms with Gasteiger partial charge in [0.05, 0.1) is 19.6 Å². The van der Waals surface area contributed by atoms with E-state index < -0.39 is 5.60 Å². The Morgan fingerprint density at radius 1 is 1.35 bits per heavy atom. The highest BCUT2D eigenvalue weighted by Gasteiger charge is 2.39. The quantitative estimate of drug-likeness (QED) is 0.879. The molecule has 1 aromatic carbocycles. The van der Waals surface area contributed by atoms with E-state index in [1.807, 2.05) is 30.3 Å². The molecule has 1 N–H and O–H groups in total. The summed E-state index contributed by atoms with van der Waals surface area (Å²) in [6, 6.07) is 9.60. The van der Waals surface area contributed by atoms with Crippen molar-refractivity contribution in [3.8, 4) is 0 Å². The summed E-state index contributed by atoms with van der Waals surface area (Å²) >= 11 is 0. The summed E-state index contributed by atoms with van der Waals surface area (Å²) in [5, 5.41) is 2.58. The molecule has 5 nitrogen and oxygen atoms in total. The molecule has 2 amide bonds. The van der Waals surface area contributed by atoms with E-state index in [1.54, 1.807) is 18.9 Å². The van der Waals surface area contributed by atoms with Crippen molar-refractivity contribution in [1.29, 1.82) is 0 Å². The van der Waals surface area contributed by atoms with Crippen LogP contribution >= 0.6 is 0 Å². The van der Waals surface area contributed by atoms with Gasteiger partial charge in [-0.2, -0.15) is 0 Å². The minimum absolute atomic E-state index is 0.0228. The first-order valence-electron chi connectivity index (χ1n) is 6.73. The van der Waals surface area contributed by atoms with Gasteiger partial charge in [0.1, 0.15) is 0 Å². The minimum atomic E-state index is -0.959. The first-order chi connectivity index (χ1) is 9.55. The summed E-state index contributed by atoms with van der Waals surface area (Å²) < 4.78 is 5.54. The molecular weight excluding hydrogens is 256 g/mol. The molecule has 1 unspecified atom stereocenters. The van der Waals surface area contributed by atoms with Crippen LogP contribution in [0, 0.1) is 0 Å². The molecule has 5 heteroatoms. The lowest BCUT2D eigenvalue weighted by Gasteiger charge is -2.39. The van der Waals surface area contributed by atoms with Gasteiger partial charge in [-0.1, -0.05) is 30.3 Å². The number of benzene rings is 1. The van der Waals surface area contributed by atoms with E-state index in [0.717, 1.165) is 5.56 Å². The summed E-state index contributed by atoms with van der Waals surface area (Å²) in [4.78, 5) is 25.8. The average Bonchev–Trinajstić information content (AvgIpc) is 2.47. The molecule has 0 radical (unpaired) electrons. The largest absolute Gasteiger partial charge is 0.362 e. The molecule has 1 aliphatic rings. The number of carbonyl (C=O) groups is 2. The number of rotatable bonds is 3. The summed E-state index contributed by atoms with van der Waals surface area (Å²) in [6.07, 6.45) is 0.352. The molecular formula is C15H20N2O3. The zero-order valence-corrected chi connectivity index (χ0v) is 11.9. The summed E-state index contributed by atoms with van der Waals surface area (Å²) in [7, 11) is 1.57. The van der Waals surface area contributed by atoms with Crippen LogP contribution in [0.25, 0.3) is 0 Å². The van der Waals surface area contributed by atoms with E-state index in [9.17, 15) is 9.59 Å². The van der Waals surface area contributed by atoms with Gasteiger partial charge in [0.25, 0.3) is 5.91 Å². The molecule has 1 aromatic rings. The zero-order valence-electron chi connectivity index (χ0n) is 11.9. The first kappa shape index (κ1) is 14.5. The van der Waals surface area contributed by atoms with E-state index in [4.69, 9.17) is 4.74 Å². The summed E-state index contributed by atoms with van der Waals surface area (Å²) in [5.74, 6) is -0.177. The SMILES string of the molecule is CNC(=O)C1(C)CN(C(=O)Cc2ccccc2)CCO1. The maximum absolute atomic E-state index is 12.3. The predicted molar refractivity (Wildman–Crippen MR) is 75.1 cm³/mol. The Morgan fingerprint density at radius 3 is 2.70 bits per heavy atom. The van der Waals surface area contributed by atoms with E-state index in [-0.39, 0.29) is 11.8 Å². The van der Waals surface area contributed by atoms with Crippen molar-refractivity contribution in [1.82, 2.24) is 10.2 Å². The predicted octanol–water partition coefficient (Wildman–Crippen LogP) is 0.593. The van der Waals surface area contributed by atoms with Gasteiger partial charge in [0.15, 0.2) is 5.60 Å². The van der Waals surface area contributed by atoms with Crippen molar-refractivity contribution in [2.45, 2.75) is 18.9 Å². The number of hydrogen-bond donors (Lipinski definition) is 1. The van der Waals surface area contributed by atoms with Gasteiger partial charge in [0.2, 0.25) is 5.91 Å². The fraction of sp³-hybridized carbons (Fsp3) is 0.467. The van der Waals surface area contributed by atoms with Gasteiger partial charge in [-0.05, 0) is 12.5 Å². The van der Waals surface area contributed by atoms with Gasteiger partial charge in [-0.3, -0.25) is 9.59 Å². The van der Waals surface area contributed by atoms with Crippen LogP contribution in [0.2, 0.25) is 0 Å².